The van der Waals surface area contributed by atoms with Crippen LogP contribution in [0.3, 0.4) is 0 Å². The van der Waals surface area contributed by atoms with Gasteiger partial charge in [-0.3, -0.25) is 4.99 Å². The number of likely N-dealkylation sites (tertiary alicyclic amines) is 1. The number of ether oxygens (including phenoxy) is 2. The standard InChI is InChI=1S/C19H32N4O2.HI/c1-5-23-10-6-7-15(14-23)12-21-19(20-2)22-13-16-8-9-17(24-3)11-18(16)25-4;/h8-9,11,15H,5-7,10,12-14H2,1-4H3,(H2,20,21,22);1H. The first-order valence-corrected chi connectivity index (χ1v) is 9.07. The molecule has 1 aliphatic heterocycles. The van der Waals surface area contributed by atoms with Crippen molar-refractivity contribution in [2.75, 3.05) is 47.4 Å². The molecule has 7 heteroatoms. The fourth-order valence-corrected chi connectivity index (χ4v) is 3.24. The van der Waals surface area contributed by atoms with Gasteiger partial charge in [0.25, 0.3) is 0 Å². The first kappa shape index (κ1) is 22.8. The molecule has 6 nitrogen and oxygen atoms in total. The highest BCUT2D eigenvalue weighted by Crippen LogP contribution is 2.24. The lowest BCUT2D eigenvalue weighted by atomic mass is 9.98. The number of benzene rings is 1. The van der Waals surface area contributed by atoms with Crippen LogP contribution in [0.4, 0.5) is 0 Å². The molecule has 0 amide bonds. The molecule has 1 saturated heterocycles. The lowest BCUT2D eigenvalue weighted by Gasteiger charge is -2.32. The second-order valence-corrected chi connectivity index (χ2v) is 6.39. The molecule has 26 heavy (non-hydrogen) atoms. The van der Waals surface area contributed by atoms with Crippen LogP contribution in [0.25, 0.3) is 0 Å². The molecule has 148 valence electrons. The lowest BCUT2D eigenvalue weighted by Crippen LogP contribution is -2.44. The Morgan fingerprint density at radius 1 is 1.27 bits per heavy atom. The van der Waals surface area contributed by atoms with Gasteiger partial charge < -0.3 is 25.0 Å². The largest absolute Gasteiger partial charge is 0.497 e. The molecule has 0 aliphatic carbocycles. The number of guanidine groups is 1. The number of nitrogens with one attached hydrogen (secondary N) is 2. The van der Waals surface area contributed by atoms with E-state index in [1.54, 1.807) is 21.3 Å². The maximum Gasteiger partial charge on any atom is 0.191 e. The minimum atomic E-state index is 0. The number of hydrogen-bond donors (Lipinski definition) is 2. The smallest absolute Gasteiger partial charge is 0.191 e. The Kier molecular flexibility index (Phi) is 10.7. The van der Waals surface area contributed by atoms with E-state index < -0.39 is 0 Å². The molecular formula is C19H33IN4O2. The zero-order valence-corrected chi connectivity index (χ0v) is 18.7. The van der Waals surface area contributed by atoms with Crippen molar-refractivity contribution in [3.63, 3.8) is 0 Å². The number of piperidine rings is 1. The molecule has 2 N–H and O–H groups in total. The van der Waals surface area contributed by atoms with E-state index in [9.17, 15) is 0 Å². The Hall–Kier alpha value is -1.22. The van der Waals surface area contributed by atoms with Crippen LogP contribution in [-0.4, -0.2) is 58.3 Å². The van der Waals surface area contributed by atoms with Crippen LogP contribution in [0.1, 0.15) is 25.3 Å². The molecule has 0 saturated carbocycles. The maximum absolute atomic E-state index is 5.45. The summed E-state index contributed by atoms with van der Waals surface area (Å²) in [5.74, 6) is 3.11. The molecule has 1 atom stereocenters. The van der Waals surface area contributed by atoms with Gasteiger partial charge in [0, 0.05) is 38.3 Å². The molecule has 1 fully saturated rings. The molecule has 1 heterocycles. The summed E-state index contributed by atoms with van der Waals surface area (Å²) < 4.78 is 10.7. The molecular weight excluding hydrogens is 443 g/mol. The molecule has 1 aliphatic rings. The van der Waals surface area contributed by atoms with E-state index in [0.717, 1.165) is 36.1 Å². The Bertz CT molecular complexity index is 568. The molecule has 1 unspecified atom stereocenters. The van der Waals surface area contributed by atoms with E-state index >= 15 is 0 Å². The fraction of sp³-hybridized carbons (Fsp3) is 0.632. The Morgan fingerprint density at radius 3 is 2.73 bits per heavy atom. The minimum absolute atomic E-state index is 0. The summed E-state index contributed by atoms with van der Waals surface area (Å²) in [6.07, 6.45) is 2.57. The predicted molar refractivity (Wildman–Crippen MR) is 118 cm³/mol. The maximum atomic E-state index is 5.45. The zero-order chi connectivity index (χ0) is 18.1. The summed E-state index contributed by atoms with van der Waals surface area (Å²) in [7, 11) is 5.14. The number of methoxy groups -OCH3 is 2. The molecule has 0 bridgehead atoms. The summed E-state index contributed by atoms with van der Waals surface area (Å²) in [6.45, 7) is 7.39. The van der Waals surface area contributed by atoms with E-state index in [-0.39, 0.29) is 24.0 Å². The van der Waals surface area contributed by atoms with Crippen molar-refractivity contribution in [1.82, 2.24) is 15.5 Å². The topological polar surface area (TPSA) is 58.1 Å². The van der Waals surface area contributed by atoms with Crippen molar-refractivity contribution in [3.8, 4) is 11.5 Å². The summed E-state index contributed by atoms with van der Waals surface area (Å²) in [5, 5.41) is 6.83. The van der Waals surface area contributed by atoms with Crippen molar-refractivity contribution < 1.29 is 9.47 Å². The summed E-state index contributed by atoms with van der Waals surface area (Å²) in [6, 6.07) is 5.85. The van der Waals surface area contributed by atoms with Crippen LogP contribution >= 0.6 is 24.0 Å². The third-order valence-corrected chi connectivity index (χ3v) is 4.77. The molecule has 1 aromatic carbocycles. The average Bonchev–Trinajstić information content (AvgIpc) is 2.68. The van der Waals surface area contributed by atoms with Gasteiger partial charge in [-0.2, -0.15) is 0 Å². The van der Waals surface area contributed by atoms with E-state index in [4.69, 9.17) is 9.47 Å². The van der Waals surface area contributed by atoms with Gasteiger partial charge in [0.15, 0.2) is 5.96 Å². The van der Waals surface area contributed by atoms with Gasteiger partial charge in [-0.25, -0.2) is 0 Å². The number of aliphatic imine (C=N–C) groups is 1. The lowest BCUT2D eigenvalue weighted by molar-refractivity contribution is 0.183. The number of halogens is 1. The SMILES string of the molecule is CCN1CCCC(CNC(=NC)NCc2ccc(OC)cc2OC)C1.I. The molecule has 0 spiro atoms. The third-order valence-electron chi connectivity index (χ3n) is 4.77. The fourth-order valence-electron chi connectivity index (χ4n) is 3.24. The van der Waals surface area contributed by atoms with Crippen molar-refractivity contribution in [2.24, 2.45) is 10.9 Å². The second kappa shape index (κ2) is 12.2. The van der Waals surface area contributed by atoms with Gasteiger partial charge in [0.1, 0.15) is 11.5 Å². The van der Waals surface area contributed by atoms with E-state index in [0.29, 0.717) is 12.5 Å². The Labute approximate surface area is 174 Å². The van der Waals surface area contributed by atoms with Gasteiger partial charge in [0.05, 0.1) is 14.2 Å². The predicted octanol–water partition coefficient (Wildman–Crippen LogP) is 2.72. The normalized spacial score (nSPS) is 18.0. The number of hydrogen-bond acceptors (Lipinski definition) is 4. The first-order valence-electron chi connectivity index (χ1n) is 9.07. The molecule has 0 aromatic heterocycles. The van der Waals surface area contributed by atoms with E-state index in [2.05, 4.69) is 27.4 Å². The van der Waals surface area contributed by atoms with Crippen molar-refractivity contribution in [3.05, 3.63) is 23.8 Å². The van der Waals surface area contributed by atoms with Crippen molar-refractivity contribution in [2.45, 2.75) is 26.3 Å². The van der Waals surface area contributed by atoms with Crippen LogP contribution in [0, 0.1) is 5.92 Å². The summed E-state index contributed by atoms with van der Waals surface area (Å²) in [5.41, 5.74) is 1.07. The van der Waals surface area contributed by atoms with Gasteiger partial charge in [-0.15, -0.1) is 24.0 Å². The van der Waals surface area contributed by atoms with Crippen LogP contribution in [0.2, 0.25) is 0 Å². The molecule has 2 rings (SSSR count). The number of nitrogens with zero attached hydrogens (tertiary/aromatic N) is 2. The Balaban J connectivity index is 0.00000338. The van der Waals surface area contributed by atoms with Crippen LogP contribution < -0.4 is 20.1 Å². The minimum Gasteiger partial charge on any atom is -0.497 e. The molecule has 0 radical (unpaired) electrons. The zero-order valence-electron chi connectivity index (χ0n) is 16.4. The quantitative estimate of drug-likeness (QED) is 0.360. The summed E-state index contributed by atoms with van der Waals surface area (Å²) >= 11 is 0. The third kappa shape index (κ3) is 6.83. The van der Waals surface area contributed by atoms with Gasteiger partial charge >= 0.3 is 0 Å². The first-order chi connectivity index (χ1) is 12.2. The highest BCUT2D eigenvalue weighted by atomic mass is 127. The monoisotopic (exact) mass is 476 g/mol. The highest BCUT2D eigenvalue weighted by Gasteiger charge is 2.18. The van der Waals surface area contributed by atoms with Crippen LogP contribution in [-0.2, 0) is 6.54 Å². The summed E-state index contributed by atoms with van der Waals surface area (Å²) in [4.78, 5) is 6.85. The van der Waals surface area contributed by atoms with Crippen molar-refractivity contribution in [1.29, 1.82) is 0 Å². The number of rotatable bonds is 7. The van der Waals surface area contributed by atoms with E-state index in [1.165, 1.54) is 25.9 Å². The Morgan fingerprint density at radius 2 is 2.08 bits per heavy atom. The molecule has 1 aromatic rings. The second-order valence-electron chi connectivity index (χ2n) is 6.39. The van der Waals surface area contributed by atoms with Crippen molar-refractivity contribution >= 4 is 29.9 Å². The highest BCUT2D eigenvalue weighted by molar-refractivity contribution is 14.0. The van der Waals surface area contributed by atoms with Gasteiger partial charge in [-0.1, -0.05) is 6.92 Å². The van der Waals surface area contributed by atoms with E-state index in [1.807, 2.05) is 18.2 Å². The average molecular weight is 476 g/mol. The van der Waals surface area contributed by atoms with Gasteiger partial charge in [-0.05, 0) is 44.0 Å². The van der Waals surface area contributed by atoms with Crippen LogP contribution in [0.15, 0.2) is 23.2 Å². The van der Waals surface area contributed by atoms with Crippen LogP contribution in [0.5, 0.6) is 11.5 Å². The van der Waals surface area contributed by atoms with Gasteiger partial charge in [0.2, 0.25) is 0 Å².